The van der Waals surface area contributed by atoms with Crippen LogP contribution in [0.15, 0.2) is 12.1 Å². The number of ether oxygens (including phenoxy) is 2. The van der Waals surface area contributed by atoms with Gasteiger partial charge < -0.3 is 19.9 Å². The Labute approximate surface area is 126 Å². The molecule has 0 aliphatic heterocycles. The second-order valence-electron chi connectivity index (χ2n) is 4.76. The van der Waals surface area contributed by atoms with Gasteiger partial charge in [0.1, 0.15) is 0 Å². The highest BCUT2D eigenvalue weighted by molar-refractivity contribution is 6.32. The topological polar surface area (TPSA) is 50.7 Å². The van der Waals surface area contributed by atoms with Gasteiger partial charge in [-0.05, 0) is 51.4 Å². The predicted molar refractivity (Wildman–Crippen MR) is 81.8 cm³/mol. The molecule has 0 spiro atoms. The lowest BCUT2D eigenvalue weighted by Gasteiger charge is -2.17. The molecule has 0 saturated heterocycles. The fraction of sp³-hybridized carbons (Fsp3) is 0.600. The number of halogens is 1. The van der Waals surface area contributed by atoms with Crippen molar-refractivity contribution in [3.05, 3.63) is 22.7 Å². The molecular formula is C15H24ClNO3. The summed E-state index contributed by atoms with van der Waals surface area (Å²) in [5, 5.41) is 12.5. The van der Waals surface area contributed by atoms with Crippen molar-refractivity contribution in [2.45, 2.75) is 39.8 Å². The van der Waals surface area contributed by atoms with Crippen LogP contribution in [0.2, 0.25) is 5.02 Å². The minimum atomic E-state index is 0.0419. The highest BCUT2D eigenvalue weighted by Crippen LogP contribution is 2.37. The largest absolute Gasteiger partial charge is 0.490 e. The molecule has 0 aliphatic carbocycles. The van der Waals surface area contributed by atoms with Gasteiger partial charge >= 0.3 is 0 Å². The molecule has 0 fully saturated rings. The molecule has 0 unspecified atom stereocenters. The predicted octanol–water partition coefficient (Wildman–Crippen LogP) is 3.00. The van der Waals surface area contributed by atoms with Crippen molar-refractivity contribution in [2.75, 3.05) is 19.8 Å². The molecule has 0 atom stereocenters. The quantitative estimate of drug-likeness (QED) is 0.689. The van der Waals surface area contributed by atoms with Crippen molar-refractivity contribution in [3.8, 4) is 11.5 Å². The van der Waals surface area contributed by atoms with Gasteiger partial charge in [-0.3, -0.25) is 0 Å². The second-order valence-corrected chi connectivity index (χ2v) is 5.17. The Balaban J connectivity index is 2.83. The number of nitrogens with one attached hydrogen (secondary N) is 1. The maximum absolute atomic E-state index is 8.74. The number of aliphatic hydroxyl groups excluding tert-OH is 1. The standard InChI is InChI=1S/C15H24ClNO3/c1-4-19-14-9-12(10-17-6-5-7-18)8-13(16)15(14)20-11(2)3/h8-9,11,17-18H,4-7,10H2,1-3H3. The van der Waals surface area contributed by atoms with Gasteiger partial charge in [-0.2, -0.15) is 0 Å². The van der Waals surface area contributed by atoms with Crippen LogP contribution in [0.1, 0.15) is 32.8 Å². The summed E-state index contributed by atoms with van der Waals surface area (Å²) in [4.78, 5) is 0. The molecule has 1 aromatic carbocycles. The van der Waals surface area contributed by atoms with E-state index in [2.05, 4.69) is 5.32 Å². The molecule has 0 aliphatic rings. The summed E-state index contributed by atoms with van der Waals surface area (Å²) >= 11 is 6.28. The Hall–Kier alpha value is -0.970. The number of hydrogen-bond donors (Lipinski definition) is 2. The summed E-state index contributed by atoms with van der Waals surface area (Å²) in [5.41, 5.74) is 1.03. The number of hydrogen-bond acceptors (Lipinski definition) is 4. The zero-order valence-corrected chi connectivity index (χ0v) is 13.2. The van der Waals surface area contributed by atoms with E-state index in [-0.39, 0.29) is 12.7 Å². The first-order valence-electron chi connectivity index (χ1n) is 7.02. The Morgan fingerprint density at radius 3 is 2.70 bits per heavy atom. The van der Waals surface area contributed by atoms with E-state index in [1.807, 2.05) is 32.9 Å². The molecule has 114 valence electrons. The van der Waals surface area contributed by atoms with E-state index < -0.39 is 0 Å². The number of aliphatic hydroxyl groups is 1. The molecule has 20 heavy (non-hydrogen) atoms. The zero-order chi connectivity index (χ0) is 15.0. The molecule has 2 N–H and O–H groups in total. The fourth-order valence-corrected chi connectivity index (χ4v) is 2.05. The Kier molecular flexibility index (Phi) is 7.73. The molecule has 5 heteroatoms. The van der Waals surface area contributed by atoms with Crippen LogP contribution in [0, 0.1) is 0 Å². The average Bonchev–Trinajstić information content (AvgIpc) is 2.39. The van der Waals surface area contributed by atoms with Gasteiger partial charge in [-0.15, -0.1) is 0 Å². The van der Waals surface area contributed by atoms with Crippen LogP contribution >= 0.6 is 11.6 Å². The van der Waals surface area contributed by atoms with E-state index in [4.69, 9.17) is 26.2 Å². The molecule has 0 amide bonds. The van der Waals surface area contributed by atoms with Crippen LogP contribution in [-0.2, 0) is 6.54 Å². The van der Waals surface area contributed by atoms with Gasteiger partial charge in [0, 0.05) is 13.2 Å². The third-order valence-electron chi connectivity index (χ3n) is 2.56. The van der Waals surface area contributed by atoms with E-state index in [0.717, 1.165) is 18.5 Å². The summed E-state index contributed by atoms with van der Waals surface area (Å²) in [6, 6.07) is 3.83. The molecule has 1 aromatic rings. The molecular weight excluding hydrogens is 278 g/mol. The Bertz CT molecular complexity index is 410. The van der Waals surface area contributed by atoms with Gasteiger partial charge in [0.15, 0.2) is 11.5 Å². The molecule has 0 radical (unpaired) electrons. The summed E-state index contributed by atoms with van der Waals surface area (Å²) in [6.45, 7) is 8.04. The number of benzene rings is 1. The highest BCUT2D eigenvalue weighted by Gasteiger charge is 2.13. The first-order valence-corrected chi connectivity index (χ1v) is 7.39. The molecule has 4 nitrogen and oxygen atoms in total. The monoisotopic (exact) mass is 301 g/mol. The Morgan fingerprint density at radius 2 is 2.10 bits per heavy atom. The minimum Gasteiger partial charge on any atom is -0.490 e. The van der Waals surface area contributed by atoms with Gasteiger partial charge in [-0.25, -0.2) is 0 Å². The lowest BCUT2D eigenvalue weighted by Crippen LogP contribution is -2.16. The molecule has 0 saturated carbocycles. The Morgan fingerprint density at radius 1 is 1.35 bits per heavy atom. The van der Waals surface area contributed by atoms with E-state index in [1.54, 1.807) is 0 Å². The van der Waals surface area contributed by atoms with Crippen LogP contribution in [-0.4, -0.2) is 31.0 Å². The molecule has 0 bridgehead atoms. The summed E-state index contributed by atoms with van der Waals surface area (Å²) in [6.07, 6.45) is 0.779. The van der Waals surface area contributed by atoms with Crippen LogP contribution in [0.3, 0.4) is 0 Å². The first-order chi connectivity index (χ1) is 9.58. The lowest BCUT2D eigenvalue weighted by atomic mass is 10.2. The van der Waals surface area contributed by atoms with Crippen molar-refractivity contribution < 1.29 is 14.6 Å². The van der Waals surface area contributed by atoms with Crippen LogP contribution in [0.4, 0.5) is 0 Å². The molecule has 0 heterocycles. The van der Waals surface area contributed by atoms with E-state index >= 15 is 0 Å². The average molecular weight is 302 g/mol. The highest BCUT2D eigenvalue weighted by atomic mass is 35.5. The molecule has 1 rings (SSSR count). The van der Waals surface area contributed by atoms with Crippen molar-refractivity contribution in [1.29, 1.82) is 0 Å². The maximum Gasteiger partial charge on any atom is 0.180 e. The normalized spacial score (nSPS) is 10.9. The van der Waals surface area contributed by atoms with Gasteiger partial charge in [-0.1, -0.05) is 11.6 Å². The summed E-state index contributed by atoms with van der Waals surface area (Å²) in [7, 11) is 0. The molecule has 0 aromatic heterocycles. The van der Waals surface area contributed by atoms with Crippen molar-refractivity contribution in [1.82, 2.24) is 5.32 Å². The lowest BCUT2D eigenvalue weighted by molar-refractivity contribution is 0.224. The third-order valence-corrected chi connectivity index (χ3v) is 2.84. The van der Waals surface area contributed by atoms with Crippen molar-refractivity contribution in [3.63, 3.8) is 0 Å². The van der Waals surface area contributed by atoms with Gasteiger partial charge in [0.2, 0.25) is 0 Å². The van der Waals surface area contributed by atoms with E-state index in [0.29, 0.717) is 29.7 Å². The summed E-state index contributed by atoms with van der Waals surface area (Å²) in [5.74, 6) is 1.27. The van der Waals surface area contributed by atoms with Crippen molar-refractivity contribution in [2.24, 2.45) is 0 Å². The van der Waals surface area contributed by atoms with Crippen molar-refractivity contribution >= 4 is 11.6 Å². The summed E-state index contributed by atoms with van der Waals surface area (Å²) < 4.78 is 11.3. The third kappa shape index (κ3) is 5.57. The fourth-order valence-electron chi connectivity index (χ4n) is 1.77. The SMILES string of the molecule is CCOc1cc(CNCCCO)cc(Cl)c1OC(C)C. The van der Waals surface area contributed by atoms with E-state index in [9.17, 15) is 0 Å². The van der Waals surface area contributed by atoms with Crippen LogP contribution in [0.25, 0.3) is 0 Å². The van der Waals surface area contributed by atoms with E-state index in [1.165, 1.54) is 0 Å². The minimum absolute atomic E-state index is 0.0419. The second kappa shape index (κ2) is 9.06. The maximum atomic E-state index is 8.74. The van der Waals surface area contributed by atoms with Crippen LogP contribution < -0.4 is 14.8 Å². The smallest absolute Gasteiger partial charge is 0.180 e. The first kappa shape index (κ1) is 17.1. The number of rotatable bonds is 9. The van der Waals surface area contributed by atoms with Gasteiger partial charge in [0.05, 0.1) is 17.7 Å². The van der Waals surface area contributed by atoms with Gasteiger partial charge in [0.25, 0.3) is 0 Å². The van der Waals surface area contributed by atoms with Crippen LogP contribution in [0.5, 0.6) is 11.5 Å². The zero-order valence-electron chi connectivity index (χ0n) is 12.4.